The molecule has 1 atom stereocenters. The Balaban J connectivity index is 2.01. The average molecular weight is 291 g/mol. The fourth-order valence-corrected chi connectivity index (χ4v) is 3.21. The van der Waals surface area contributed by atoms with Crippen LogP contribution in [0.3, 0.4) is 0 Å². The molecule has 3 rings (SSSR count). The molecule has 106 valence electrons. The minimum absolute atomic E-state index is 0.0965. The van der Waals surface area contributed by atoms with Gasteiger partial charge in [-0.25, -0.2) is 9.97 Å². The standard InChI is InChI=1S/C13H17N5OS/c1-17(2)13(19)10-7-14-4-5-18(10)11-9-3-6-20-12(9)16-8-15-11/h3,6,8,10,14H,4-5,7H2,1-2H3. The second-order valence-electron chi connectivity index (χ2n) is 4.98. The number of anilines is 1. The number of likely N-dealkylation sites (N-methyl/N-ethyl adjacent to an activating group) is 1. The Bertz CT molecular complexity index is 626. The van der Waals surface area contributed by atoms with Gasteiger partial charge in [0, 0.05) is 33.7 Å². The molecule has 0 spiro atoms. The van der Waals surface area contributed by atoms with Crippen molar-refractivity contribution < 1.29 is 4.79 Å². The Kier molecular flexibility index (Phi) is 3.54. The maximum Gasteiger partial charge on any atom is 0.246 e. The summed E-state index contributed by atoms with van der Waals surface area (Å²) in [6.45, 7) is 2.27. The summed E-state index contributed by atoms with van der Waals surface area (Å²) in [5.41, 5.74) is 0. The highest BCUT2D eigenvalue weighted by Gasteiger charge is 2.31. The van der Waals surface area contributed by atoms with Gasteiger partial charge < -0.3 is 15.1 Å². The Morgan fingerprint density at radius 1 is 1.50 bits per heavy atom. The highest BCUT2D eigenvalue weighted by atomic mass is 32.1. The van der Waals surface area contributed by atoms with Crippen LogP contribution in [-0.4, -0.2) is 60.5 Å². The molecule has 3 heterocycles. The Labute approximate surface area is 121 Å². The second-order valence-corrected chi connectivity index (χ2v) is 5.88. The van der Waals surface area contributed by atoms with E-state index in [0.29, 0.717) is 6.54 Å². The number of hydrogen-bond donors (Lipinski definition) is 1. The molecular weight excluding hydrogens is 274 g/mol. The molecule has 1 unspecified atom stereocenters. The van der Waals surface area contributed by atoms with E-state index in [1.54, 1.807) is 36.7 Å². The molecule has 0 aliphatic carbocycles. The van der Waals surface area contributed by atoms with E-state index in [4.69, 9.17) is 0 Å². The van der Waals surface area contributed by atoms with Crippen LogP contribution in [0.5, 0.6) is 0 Å². The SMILES string of the molecule is CN(C)C(=O)C1CNCCN1c1ncnc2sccc12. The number of nitrogens with zero attached hydrogens (tertiary/aromatic N) is 4. The number of nitrogens with one attached hydrogen (secondary N) is 1. The van der Waals surface area contributed by atoms with Gasteiger partial charge in [0.2, 0.25) is 5.91 Å². The van der Waals surface area contributed by atoms with E-state index in [1.807, 2.05) is 11.4 Å². The largest absolute Gasteiger partial charge is 0.347 e. The zero-order valence-corrected chi connectivity index (χ0v) is 12.4. The Hall–Kier alpha value is -1.73. The predicted octanol–water partition coefficient (Wildman–Crippen LogP) is 0.558. The van der Waals surface area contributed by atoms with Crippen LogP contribution in [0.1, 0.15) is 0 Å². The summed E-state index contributed by atoms with van der Waals surface area (Å²) in [7, 11) is 3.57. The molecule has 1 aliphatic rings. The molecule has 0 bridgehead atoms. The average Bonchev–Trinajstić information content (AvgIpc) is 2.94. The molecule has 2 aromatic rings. The van der Waals surface area contributed by atoms with Crippen LogP contribution >= 0.6 is 11.3 Å². The number of thiophene rings is 1. The molecule has 0 aromatic carbocycles. The number of carbonyl (C=O) groups excluding carboxylic acids is 1. The monoisotopic (exact) mass is 291 g/mol. The number of amides is 1. The predicted molar refractivity (Wildman–Crippen MR) is 80.1 cm³/mol. The van der Waals surface area contributed by atoms with Crippen molar-refractivity contribution in [1.29, 1.82) is 0 Å². The van der Waals surface area contributed by atoms with Crippen molar-refractivity contribution in [2.75, 3.05) is 38.6 Å². The van der Waals surface area contributed by atoms with Crippen molar-refractivity contribution in [2.24, 2.45) is 0 Å². The van der Waals surface area contributed by atoms with Crippen molar-refractivity contribution in [3.63, 3.8) is 0 Å². The molecule has 0 saturated carbocycles. The van der Waals surface area contributed by atoms with Crippen molar-refractivity contribution in [3.05, 3.63) is 17.8 Å². The van der Waals surface area contributed by atoms with Gasteiger partial charge in [-0.2, -0.15) is 0 Å². The zero-order chi connectivity index (χ0) is 14.1. The highest BCUT2D eigenvalue weighted by Crippen LogP contribution is 2.28. The number of rotatable bonds is 2. The first-order valence-corrected chi connectivity index (χ1v) is 7.43. The third-order valence-electron chi connectivity index (χ3n) is 3.48. The number of carbonyl (C=O) groups is 1. The normalized spacial score (nSPS) is 19.3. The van der Waals surface area contributed by atoms with E-state index in [9.17, 15) is 4.79 Å². The number of fused-ring (bicyclic) bond motifs is 1. The Morgan fingerprint density at radius 3 is 3.15 bits per heavy atom. The van der Waals surface area contributed by atoms with E-state index < -0.39 is 0 Å². The van der Waals surface area contributed by atoms with Gasteiger partial charge in [-0.3, -0.25) is 4.79 Å². The first-order chi connectivity index (χ1) is 9.68. The van der Waals surface area contributed by atoms with Gasteiger partial charge in [0.05, 0.1) is 5.39 Å². The Morgan fingerprint density at radius 2 is 2.35 bits per heavy atom. The van der Waals surface area contributed by atoms with E-state index in [2.05, 4.69) is 20.2 Å². The smallest absolute Gasteiger partial charge is 0.246 e. The summed E-state index contributed by atoms with van der Waals surface area (Å²) in [5.74, 6) is 0.956. The van der Waals surface area contributed by atoms with Crippen molar-refractivity contribution in [3.8, 4) is 0 Å². The maximum atomic E-state index is 12.4. The third-order valence-corrected chi connectivity index (χ3v) is 4.30. The highest BCUT2D eigenvalue weighted by molar-refractivity contribution is 7.16. The lowest BCUT2D eigenvalue weighted by Gasteiger charge is -2.37. The number of hydrogen-bond acceptors (Lipinski definition) is 6. The van der Waals surface area contributed by atoms with Crippen molar-refractivity contribution in [1.82, 2.24) is 20.2 Å². The quantitative estimate of drug-likeness (QED) is 0.876. The van der Waals surface area contributed by atoms with Crippen LogP contribution in [0, 0.1) is 0 Å². The fraction of sp³-hybridized carbons (Fsp3) is 0.462. The summed E-state index contributed by atoms with van der Waals surface area (Å²) in [5, 5.41) is 6.31. The molecular formula is C13H17N5OS. The van der Waals surface area contributed by atoms with Gasteiger partial charge >= 0.3 is 0 Å². The fourth-order valence-electron chi connectivity index (χ4n) is 2.48. The molecule has 1 aliphatic heterocycles. The van der Waals surface area contributed by atoms with Gasteiger partial charge in [0.1, 0.15) is 23.0 Å². The lowest BCUT2D eigenvalue weighted by Crippen LogP contribution is -2.58. The minimum atomic E-state index is -0.211. The van der Waals surface area contributed by atoms with E-state index >= 15 is 0 Å². The summed E-state index contributed by atoms with van der Waals surface area (Å²) in [4.78, 5) is 25.7. The number of piperazine rings is 1. The summed E-state index contributed by atoms with van der Waals surface area (Å²) >= 11 is 1.59. The van der Waals surface area contributed by atoms with Crippen molar-refractivity contribution >= 4 is 33.3 Å². The number of aromatic nitrogens is 2. The molecule has 1 saturated heterocycles. The summed E-state index contributed by atoms with van der Waals surface area (Å²) in [6, 6.07) is 1.81. The van der Waals surface area contributed by atoms with Crippen LogP contribution in [-0.2, 0) is 4.79 Å². The molecule has 7 heteroatoms. The molecule has 0 radical (unpaired) electrons. The lowest BCUT2D eigenvalue weighted by atomic mass is 10.1. The van der Waals surface area contributed by atoms with Crippen LogP contribution in [0.4, 0.5) is 5.82 Å². The van der Waals surface area contributed by atoms with E-state index in [-0.39, 0.29) is 11.9 Å². The molecule has 1 N–H and O–H groups in total. The zero-order valence-electron chi connectivity index (χ0n) is 11.5. The third kappa shape index (κ3) is 2.23. The first kappa shape index (κ1) is 13.3. The van der Waals surface area contributed by atoms with E-state index in [1.165, 1.54) is 0 Å². The minimum Gasteiger partial charge on any atom is -0.347 e. The van der Waals surface area contributed by atoms with Crippen LogP contribution in [0.15, 0.2) is 17.8 Å². The van der Waals surface area contributed by atoms with E-state index in [0.717, 1.165) is 29.1 Å². The molecule has 20 heavy (non-hydrogen) atoms. The topological polar surface area (TPSA) is 61.4 Å². The first-order valence-electron chi connectivity index (χ1n) is 6.55. The lowest BCUT2D eigenvalue weighted by molar-refractivity contribution is -0.130. The molecule has 2 aromatic heterocycles. The van der Waals surface area contributed by atoms with Crippen molar-refractivity contribution in [2.45, 2.75) is 6.04 Å². The van der Waals surface area contributed by atoms with Crippen LogP contribution < -0.4 is 10.2 Å². The summed E-state index contributed by atoms with van der Waals surface area (Å²) < 4.78 is 0. The molecule has 6 nitrogen and oxygen atoms in total. The van der Waals surface area contributed by atoms with Crippen LogP contribution in [0.25, 0.3) is 10.2 Å². The van der Waals surface area contributed by atoms with Gasteiger partial charge in [-0.05, 0) is 11.4 Å². The van der Waals surface area contributed by atoms with Crippen LogP contribution in [0.2, 0.25) is 0 Å². The van der Waals surface area contributed by atoms with Gasteiger partial charge in [-0.15, -0.1) is 11.3 Å². The molecule has 1 fully saturated rings. The maximum absolute atomic E-state index is 12.4. The summed E-state index contributed by atoms with van der Waals surface area (Å²) in [6.07, 6.45) is 1.58. The second kappa shape index (κ2) is 5.34. The van der Waals surface area contributed by atoms with Gasteiger partial charge in [0.15, 0.2) is 0 Å². The molecule has 1 amide bonds. The van der Waals surface area contributed by atoms with Gasteiger partial charge in [0.25, 0.3) is 0 Å². The van der Waals surface area contributed by atoms with Gasteiger partial charge in [-0.1, -0.05) is 0 Å².